The first-order valence-electron chi connectivity index (χ1n) is 10.4. The van der Waals surface area contributed by atoms with Crippen LogP contribution in [0.25, 0.3) is 11.4 Å². The summed E-state index contributed by atoms with van der Waals surface area (Å²) in [6.45, 7) is 0. The van der Waals surface area contributed by atoms with Gasteiger partial charge in [-0.2, -0.15) is 14.3 Å². The van der Waals surface area contributed by atoms with Crippen molar-refractivity contribution < 1.29 is 14.6 Å². The number of hydrogen-bond donors (Lipinski definition) is 1. The average Bonchev–Trinajstić information content (AvgIpc) is 3.30. The molecule has 0 amide bonds. The van der Waals surface area contributed by atoms with E-state index in [4.69, 9.17) is 10.1 Å². The number of hydrogen-bond acceptors (Lipinski definition) is 2. The zero-order valence-corrected chi connectivity index (χ0v) is 17.8. The van der Waals surface area contributed by atoms with Crippen LogP contribution in [0.15, 0.2) is 133 Å². The van der Waals surface area contributed by atoms with Crippen molar-refractivity contribution in [3.8, 4) is 11.4 Å². The van der Waals surface area contributed by atoms with Gasteiger partial charge in [-0.25, -0.2) is 4.79 Å². The van der Waals surface area contributed by atoms with Crippen LogP contribution < -0.4 is 15.4 Å². The third-order valence-electron chi connectivity index (χ3n) is 4.70. The Morgan fingerprint density at radius 3 is 1.79 bits per heavy atom. The monoisotopic (exact) mass is 434 g/mol. The molecule has 5 aromatic rings. The lowest BCUT2D eigenvalue weighted by Gasteiger charge is -1.97. The molecule has 4 aromatic carbocycles. The van der Waals surface area contributed by atoms with Crippen molar-refractivity contribution in [3.05, 3.63) is 139 Å². The van der Waals surface area contributed by atoms with E-state index >= 15 is 0 Å². The number of carbonyl (C=O) groups is 1. The van der Waals surface area contributed by atoms with E-state index in [1.165, 1.54) is 0 Å². The van der Waals surface area contributed by atoms with Crippen molar-refractivity contribution in [2.45, 2.75) is 0 Å². The van der Waals surface area contributed by atoms with Gasteiger partial charge in [0.1, 0.15) is 11.4 Å². The molecular formula is C27H22N4O2. The number of aromatic carboxylic acids is 1. The van der Waals surface area contributed by atoms with E-state index in [9.17, 15) is 4.79 Å². The van der Waals surface area contributed by atoms with Gasteiger partial charge in [0, 0.05) is 0 Å². The van der Waals surface area contributed by atoms with Gasteiger partial charge in [0.05, 0.1) is 5.56 Å². The molecule has 0 radical (unpaired) electrons. The maximum atomic E-state index is 10.2. The van der Waals surface area contributed by atoms with Crippen LogP contribution in [0.5, 0.6) is 0 Å². The quantitative estimate of drug-likeness (QED) is 0.428. The van der Waals surface area contributed by atoms with Crippen molar-refractivity contribution in [1.29, 1.82) is 0 Å². The number of aromatic nitrogens is 3. The number of para-hydroxylation sites is 3. The van der Waals surface area contributed by atoms with Crippen LogP contribution >= 0.6 is 0 Å². The topological polar surface area (TPSA) is 72.6 Å². The standard InChI is InChI=1S/C20H16N4.C7H6O2/c1-4-10-17(11-5-1)21-20-22-24(19-14-8-3-9-15-19)16-23(20)18-12-6-2-7-13-18;8-7(9)6-4-2-1-3-5-6/h1-16H;1-5H,(H,8,9). The Kier molecular flexibility index (Phi) is 6.88. The van der Waals surface area contributed by atoms with Crippen molar-refractivity contribution in [3.63, 3.8) is 0 Å². The summed E-state index contributed by atoms with van der Waals surface area (Å²) in [5.74, 6) is -0.879. The fourth-order valence-corrected chi connectivity index (χ4v) is 3.08. The molecule has 0 aliphatic rings. The molecule has 1 aromatic heterocycles. The van der Waals surface area contributed by atoms with E-state index in [-0.39, 0.29) is 0 Å². The number of carboxylic acids is 1. The number of nitrogens with zero attached hydrogens (tertiary/aromatic N) is 4. The van der Waals surface area contributed by atoms with E-state index in [0.29, 0.717) is 11.2 Å². The molecule has 0 saturated heterocycles. The van der Waals surface area contributed by atoms with E-state index < -0.39 is 5.97 Å². The molecule has 0 aliphatic heterocycles. The summed E-state index contributed by atoms with van der Waals surface area (Å²) in [5.41, 5.74) is 3.86. The van der Waals surface area contributed by atoms with Gasteiger partial charge in [0.2, 0.25) is 5.62 Å². The van der Waals surface area contributed by atoms with Gasteiger partial charge >= 0.3 is 5.97 Å². The molecule has 33 heavy (non-hydrogen) atoms. The van der Waals surface area contributed by atoms with Crippen LogP contribution in [0.1, 0.15) is 10.4 Å². The largest absolute Gasteiger partial charge is 0.478 e. The van der Waals surface area contributed by atoms with Crippen LogP contribution in [-0.2, 0) is 0 Å². The van der Waals surface area contributed by atoms with E-state index in [2.05, 4.69) is 5.10 Å². The Hall–Kier alpha value is -4.71. The van der Waals surface area contributed by atoms with Gasteiger partial charge in [-0.1, -0.05) is 84.9 Å². The number of rotatable bonds is 4. The predicted molar refractivity (Wildman–Crippen MR) is 126 cm³/mol. The summed E-state index contributed by atoms with van der Waals surface area (Å²) >= 11 is 0. The van der Waals surface area contributed by atoms with Crippen molar-refractivity contribution in [2.75, 3.05) is 0 Å². The lowest BCUT2D eigenvalue weighted by atomic mass is 10.2. The minimum absolute atomic E-state index is 0.331. The average molecular weight is 434 g/mol. The Morgan fingerprint density at radius 1 is 0.727 bits per heavy atom. The lowest BCUT2D eigenvalue weighted by Crippen LogP contribution is -2.36. The normalized spacial score (nSPS) is 10.8. The summed E-state index contributed by atoms with van der Waals surface area (Å²) in [4.78, 5) is 14.9. The predicted octanol–water partition coefficient (Wildman–Crippen LogP) is 4.33. The van der Waals surface area contributed by atoms with Gasteiger partial charge in [-0.15, -0.1) is 0 Å². The SMILES string of the molecule is O=C(O)c1ccccc1.c1ccc(N=c2[n-][n+](-c3ccccc3)cn2-c2ccccc2)cc1. The molecule has 0 fully saturated rings. The first-order chi connectivity index (χ1) is 16.2. The molecule has 6 heteroatoms. The maximum Gasteiger partial charge on any atom is 0.335 e. The number of benzene rings is 4. The molecule has 5 rings (SSSR count). The minimum atomic E-state index is -0.879. The molecule has 0 saturated carbocycles. The van der Waals surface area contributed by atoms with Gasteiger partial charge in [0.25, 0.3) is 6.33 Å². The smallest absolute Gasteiger partial charge is 0.335 e. The first kappa shape index (κ1) is 21.5. The van der Waals surface area contributed by atoms with Gasteiger partial charge < -0.3 is 10.1 Å². The minimum Gasteiger partial charge on any atom is -0.478 e. The highest BCUT2D eigenvalue weighted by Crippen LogP contribution is 2.09. The fraction of sp³-hybridized carbons (Fsp3) is 0. The van der Waals surface area contributed by atoms with Gasteiger partial charge in [0.15, 0.2) is 0 Å². The van der Waals surface area contributed by atoms with Crippen LogP contribution in [0, 0.1) is 0 Å². The van der Waals surface area contributed by atoms with Crippen LogP contribution in [0.3, 0.4) is 0 Å². The third-order valence-corrected chi connectivity index (χ3v) is 4.70. The molecule has 0 spiro atoms. The molecule has 1 N–H and O–H groups in total. The summed E-state index contributed by atoms with van der Waals surface area (Å²) in [5, 5.41) is 13.0. The zero-order chi connectivity index (χ0) is 22.9. The van der Waals surface area contributed by atoms with Gasteiger partial charge in [-0.05, 0) is 42.1 Å². The highest BCUT2D eigenvalue weighted by atomic mass is 16.4. The summed E-state index contributed by atoms with van der Waals surface area (Å²) < 4.78 is 3.83. The Bertz CT molecular complexity index is 1360. The second-order valence-electron chi connectivity index (χ2n) is 7.02. The maximum absolute atomic E-state index is 10.2. The highest BCUT2D eigenvalue weighted by Gasteiger charge is 2.09. The zero-order valence-electron chi connectivity index (χ0n) is 17.8. The summed E-state index contributed by atoms with van der Waals surface area (Å²) in [6, 6.07) is 38.3. The van der Waals surface area contributed by atoms with Crippen LogP contribution in [0.4, 0.5) is 5.69 Å². The highest BCUT2D eigenvalue weighted by molar-refractivity contribution is 5.87. The molecule has 0 unspecified atom stereocenters. The molecule has 6 nitrogen and oxygen atoms in total. The van der Waals surface area contributed by atoms with E-state index in [1.807, 2.05) is 107 Å². The number of carboxylic acid groups (broad SMARTS) is 1. The molecular weight excluding hydrogens is 412 g/mol. The second-order valence-corrected chi connectivity index (χ2v) is 7.02. The second kappa shape index (κ2) is 10.5. The Morgan fingerprint density at radius 2 is 1.24 bits per heavy atom. The van der Waals surface area contributed by atoms with Gasteiger partial charge in [-0.3, -0.25) is 0 Å². The fourth-order valence-electron chi connectivity index (χ4n) is 3.08. The molecule has 162 valence electrons. The Balaban J connectivity index is 0.000000243. The molecule has 1 heterocycles. The Labute approximate surface area is 191 Å². The van der Waals surface area contributed by atoms with E-state index in [1.54, 1.807) is 30.3 Å². The molecule has 0 aliphatic carbocycles. The van der Waals surface area contributed by atoms with Crippen molar-refractivity contribution in [2.24, 2.45) is 4.99 Å². The van der Waals surface area contributed by atoms with Crippen molar-refractivity contribution in [1.82, 2.24) is 9.67 Å². The molecule has 0 atom stereocenters. The third kappa shape index (κ3) is 5.71. The first-order valence-corrected chi connectivity index (χ1v) is 10.4. The summed E-state index contributed by atoms with van der Waals surface area (Å²) in [7, 11) is 0. The van der Waals surface area contributed by atoms with Crippen LogP contribution in [-0.4, -0.2) is 15.6 Å². The molecule has 0 bridgehead atoms. The lowest BCUT2D eigenvalue weighted by molar-refractivity contribution is -0.663. The summed E-state index contributed by atoms with van der Waals surface area (Å²) in [6.07, 6.45) is 1.95. The van der Waals surface area contributed by atoms with E-state index in [0.717, 1.165) is 17.1 Å². The van der Waals surface area contributed by atoms with Crippen LogP contribution in [0.2, 0.25) is 0 Å². The van der Waals surface area contributed by atoms with Crippen molar-refractivity contribution >= 4 is 11.7 Å².